The number of allylic oxidation sites excluding steroid dienone is 2. The lowest BCUT2D eigenvalue weighted by Gasteiger charge is -1.98. The molecule has 0 heteroatoms. The van der Waals surface area contributed by atoms with E-state index in [2.05, 4.69) is 25.0 Å². The topological polar surface area (TPSA) is 0 Å². The number of terminal acetylenes is 1. The molecule has 0 amide bonds. The SMILES string of the molecule is C#CCCCCCCC/C=C/CCCCCCCC. The second-order valence-electron chi connectivity index (χ2n) is 5.54. The summed E-state index contributed by atoms with van der Waals surface area (Å²) in [5.74, 6) is 2.70. The Morgan fingerprint density at radius 2 is 1.16 bits per heavy atom. The minimum absolute atomic E-state index is 0.957. The zero-order chi connectivity index (χ0) is 14.0. The molecule has 0 heterocycles. The molecule has 0 unspecified atom stereocenters. The Labute approximate surface area is 122 Å². The molecule has 0 aromatic carbocycles. The van der Waals surface area contributed by atoms with Gasteiger partial charge in [0, 0.05) is 6.42 Å². The van der Waals surface area contributed by atoms with E-state index < -0.39 is 0 Å². The van der Waals surface area contributed by atoms with Gasteiger partial charge in [0.1, 0.15) is 0 Å². The van der Waals surface area contributed by atoms with Crippen LogP contribution in [0.3, 0.4) is 0 Å². The van der Waals surface area contributed by atoms with Crippen LogP contribution in [0.1, 0.15) is 96.8 Å². The summed E-state index contributed by atoms with van der Waals surface area (Å²) in [6.45, 7) is 2.28. The van der Waals surface area contributed by atoms with Crippen molar-refractivity contribution in [2.75, 3.05) is 0 Å². The van der Waals surface area contributed by atoms with Crippen molar-refractivity contribution in [1.29, 1.82) is 0 Å². The van der Waals surface area contributed by atoms with Crippen LogP contribution in [-0.4, -0.2) is 0 Å². The summed E-state index contributed by atoms with van der Waals surface area (Å²) in [7, 11) is 0. The molecular formula is C19H34. The van der Waals surface area contributed by atoms with Crippen molar-refractivity contribution >= 4 is 0 Å². The van der Waals surface area contributed by atoms with E-state index in [1.807, 2.05) is 0 Å². The van der Waals surface area contributed by atoms with Crippen molar-refractivity contribution in [1.82, 2.24) is 0 Å². The van der Waals surface area contributed by atoms with Crippen LogP contribution in [-0.2, 0) is 0 Å². The van der Waals surface area contributed by atoms with Gasteiger partial charge >= 0.3 is 0 Å². The number of hydrogen-bond acceptors (Lipinski definition) is 0. The van der Waals surface area contributed by atoms with Gasteiger partial charge in [0.15, 0.2) is 0 Å². The molecule has 0 spiro atoms. The van der Waals surface area contributed by atoms with Gasteiger partial charge in [-0.2, -0.15) is 0 Å². The fraction of sp³-hybridized carbons (Fsp3) is 0.789. The van der Waals surface area contributed by atoms with Crippen molar-refractivity contribution in [3.8, 4) is 12.3 Å². The van der Waals surface area contributed by atoms with Gasteiger partial charge in [0.2, 0.25) is 0 Å². The van der Waals surface area contributed by atoms with Gasteiger partial charge in [-0.25, -0.2) is 0 Å². The van der Waals surface area contributed by atoms with Crippen LogP contribution < -0.4 is 0 Å². The van der Waals surface area contributed by atoms with Gasteiger partial charge in [-0.05, 0) is 32.1 Å². The van der Waals surface area contributed by atoms with Crippen molar-refractivity contribution in [3.63, 3.8) is 0 Å². The molecule has 19 heavy (non-hydrogen) atoms. The third kappa shape index (κ3) is 17.3. The van der Waals surface area contributed by atoms with Crippen LogP contribution in [0.4, 0.5) is 0 Å². The second kappa shape index (κ2) is 17.3. The first-order valence-electron chi connectivity index (χ1n) is 8.50. The molecule has 0 saturated heterocycles. The van der Waals surface area contributed by atoms with E-state index in [0.29, 0.717) is 0 Å². The summed E-state index contributed by atoms with van der Waals surface area (Å²) >= 11 is 0. The molecule has 0 radical (unpaired) electrons. The Morgan fingerprint density at radius 1 is 0.684 bits per heavy atom. The van der Waals surface area contributed by atoms with Crippen molar-refractivity contribution < 1.29 is 0 Å². The molecule has 0 atom stereocenters. The summed E-state index contributed by atoms with van der Waals surface area (Å²) in [4.78, 5) is 0. The summed E-state index contributed by atoms with van der Waals surface area (Å²) < 4.78 is 0. The maximum Gasteiger partial charge on any atom is 0.00860 e. The van der Waals surface area contributed by atoms with Gasteiger partial charge in [-0.3, -0.25) is 0 Å². The summed E-state index contributed by atoms with van der Waals surface area (Å²) in [5, 5.41) is 0. The van der Waals surface area contributed by atoms with Crippen LogP contribution in [0.2, 0.25) is 0 Å². The van der Waals surface area contributed by atoms with E-state index in [4.69, 9.17) is 6.42 Å². The molecule has 0 aromatic rings. The minimum Gasteiger partial charge on any atom is -0.120 e. The first kappa shape index (κ1) is 18.3. The van der Waals surface area contributed by atoms with Crippen molar-refractivity contribution in [3.05, 3.63) is 12.2 Å². The molecule has 0 N–H and O–H groups in total. The maximum atomic E-state index is 5.22. The Kier molecular flexibility index (Phi) is 16.7. The van der Waals surface area contributed by atoms with E-state index >= 15 is 0 Å². The highest BCUT2D eigenvalue weighted by Gasteiger charge is 1.90. The van der Waals surface area contributed by atoms with Gasteiger partial charge < -0.3 is 0 Å². The fourth-order valence-electron chi connectivity index (χ4n) is 2.30. The largest absolute Gasteiger partial charge is 0.120 e. The molecule has 0 rings (SSSR count). The van der Waals surface area contributed by atoms with E-state index in [0.717, 1.165) is 6.42 Å². The Hall–Kier alpha value is -0.700. The summed E-state index contributed by atoms with van der Waals surface area (Å²) in [6.07, 6.45) is 28.5. The van der Waals surface area contributed by atoms with Gasteiger partial charge in [0.05, 0.1) is 0 Å². The lowest BCUT2D eigenvalue weighted by Crippen LogP contribution is -1.79. The third-order valence-electron chi connectivity index (χ3n) is 3.58. The molecule has 0 aromatic heterocycles. The molecule has 0 aliphatic heterocycles. The van der Waals surface area contributed by atoms with Crippen LogP contribution in [0.5, 0.6) is 0 Å². The highest BCUT2D eigenvalue weighted by Crippen LogP contribution is 2.09. The highest BCUT2D eigenvalue weighted by atomic mass is 14.0. The quantitative estimate of drug-likeness (QED) is 0.186. The van der Waals surface area contributed by atoms with Crippen LogP contribution in [0.15, 0.2) is 12.2 Å². The predicted molar refractivity (Wildman–Crippen MR) is 88.3 cm³/mol. The highest BCUT2D eigenvalue weighted by molar-refractivity contribution is 4.83. The zero-order valence-corrected chi connectivity index (χ0v) is 13.1. The van der Waals surface area contributed by atoms with Crippen LogP contribution in [0, 0.1) is 12.3 Å². The van der Waals surface area contributed by atoms with Crippen molar-refractivity contribution in [2.45, 2.75) is 96.8 Å². The van der Waals surface area contributed by atoms with E-state index in [1.165, 1.54) is 83.5 Å². The number of unbranched alkanes of at least 4 members (excludes halogenated alkanes) is 12. The Morgan fingerprint density at radius 3 is 1.68 bits per heavy atom. The van der Waals surface area contributed by atoms with Crippen molar-refractivity contribution in [2.24, 2.45) is 0 Å². The third-order valence-corrected chi connectivity index (χ3v) is 3.58. The van der Waals surface area contributed by atoms with E-state index in [1.54, 1.807) is 0 Å². The van der Waals surface area contributed by atoms with Gasteiger partial charge in [-0.1, -0.05) is 70.4 Å². The van der Waals surface area contributed by atoms with E-state index in [9.17, 15) is 0 Å². The van der Waals surface area contributed by atoms with Gasteiger partial charge in [-0.15, -0.1) is 12.3 Å². The van der Waals surface area contributed by atoms with Crippen LogP contribution in [0.25, 0.3) is 0 Å². The number of rotatable bonds is 14. The lowest BCUT2D eigenvalue weighted by atomic mass is 10.1. The molecular weight excluding hydrogens is 228 g/mol. The molecule has 0 saturated carbocycles. The first-order valence-corrected chi connectivity index (χ1v) is 8.50. The Balaban J connectivity index is 3.03. The molecule has 0 nitrogen and oxygen atoms in total. The lowest BCUT2D eigenvalue weighted by molar-refractivity contribution is 0.609. The summed E-state index contributed by atoms with van der Waals surface area (Å²) in [6, 6.07) is 0. The minimum atomic E-state index is 0.957. The smallest absolute Gasteiger partial charge is 0.00860 e. The fourth-order valence-corrected chi connectivity index (χ4v) is 2.30. The zero-order valence-electron chi connectivity index (χ0n) is 13.1. The molecule has 0 aliphatic rings. The maximum absolute atomic E-state index is 5.22. The average Bonchev–Trinajstić information content (AvgIpc) is 2.43. The molecule has 0 aliphatic carbocycles. The number of hydrogen-bond donors (Lipinski definition) is 0. The molecule has 110 valence electrons. The normalized spacial score (nSPS) is 10.9. The standard InChI is InChI=1S/C19H34/c1-3-5-7-9-11-13-15-17-19-18-16-14-12-10-8-6-4-2/h1,18-19H,4-17H2,2H3/b19-18+. The molecule has 0 bridgehead atoms. The van der Waals surface area contributed by atoms with E-state index in [-0.39, 0.29) is 0 Å². The second-order valence-corrected chi connectivity index (χ2v) is 5.54. The average molecular weight is 262 g/mol. The van der Waals surface area contributed by atoms with Gasteiger partial charge in [0.25, 0.3) is 0 Å². The first-order chi connectivity index (χ1) is 9.41. The molecule has 0 fully saturated rings. The predicted octanol–water partition coefficient (Wildman–Crippen LogP) is 6.66. The monoisotopic (exact) mass is 262 g/mol. The van der Waals surface area contributed by atoms with Crippen LogP contribution >= 0.6 is 0 Å². The summed E-state index contributed by atoms with van der Waals surface area (Å²) in [5.41, 5.74) is 0. The Bertz CT molecular complexity index is 219.